The average Bonchev–Trinajstić information content (AvgIpc) is 2.68. The Balaban J connectivity index is 1.59. The second kappa shape index (κ2) is 8.51. The van der Waals surface area contributed by atoms with Gasteiger partial charge in [0.25, 0.3) is 5.91 Å². The molecule has 0 spiro atoms. The Labute approximate surface area is 162 Å². The molecule has 138 valence electrons. The van der Waals surface area contributed by atoms with Crippen LogP contribution in [0, 0.1) is 6.92 Å². The molecule has 0 aliphatic carbocycles. The van der Waals surface area contributed by atoms with Crippen molar-refractivity contribution in [1.82, 2.24) is 9.97 Å². The van der Waals surface area contributed by atoms with E-state index in [1.807, 2.05) is 6.92 Å². The minimum absolute atomic E-state index is 0.211. The lowest BCUT2D eigenvalue weighted by Crippen LogP contribution is -2.14. The van der Waals surface area contributed by atoms with Gasteiger partial charge >= 0.3 is 0 Å². The van der Waals surface area contributed by atoms with Crippen LogP contribution in [0.3, 0.4) is 0 Å². The maximum Gasteiger partial charge on any atom is 0.275 e. The molecule has 0 saturated heterocycles. The molecule has 27 heavy (non-hydrogen) atoms. The van der Waals surface area contributed by atoms with Crippen LogP contribution in [-0.4, -0.2) is 23.0 Å². The second-order valence-electron chi connectivity index (χ2n) is 5.93. The summed E-state index contributed by atoms with van der Waals surface area (Å²) in [7, 11) is 1.53. The van der Waals surface area contributed by atoms with E-state index in [1.165, 1.54) is 25.1 Å². The molecule has 1 heterocycles. The van der Waals surface area contributed by atoms with Crippen molar-refractivity contribution < 1.29 is 9.53 Å². The number of aromatic nitrogens is 2. The molecule has 3 rings (SSSR count). The Hall–Kier alpha value is -3.12. The molecule has 0 bridgehead atoms. The number of nitrogens with one attached hydrogen (secondary N) is 2. The molecule has 0 aliphatic heterocycles. The first-order chi connectivity index (χ1) is 13.0. The smallest absolute Gasteiger partial charge is 0.275 e. The third-order valence-corrected chi connectivity index (χ3v) is 4.18. The molecule has 0 aliphatic rings. The van der Waals surface area contributed by atoms with E-state index in [2.05, 4.69) is 44.9 Å². The Morgan fingerprint density at radius 3 is 2.52 bits per heavy atom. The molecule has 7 heteroatoms. The number of carbonyl (C=O) groups excluding carboxylic acids is 1. The van der Waals surface area contributed by atoms with Gasteiger partial charge in [0.15, 0.2) is 0 Å². The highest BCUT2D eigenvalue weighted by atomic mass is 35.5. The van der Waals surface area contributed by atoms with E-state index in [4.69, 9.17) is 16.3 Å². The Bertz CT molecular complexity index is 928. The Kier molecular flexibility index (Phi) is 5.88. The number of amides is 1. The van der Waals surface area contributed by atoms with Crippen molar-refractivity contribution >= 4 is 29.0 Å². The van der Waals surface area contributed by atoms with Crippen molar-refractivity contribution in [3.8, 4) is 5.75 Å². The van der Waals surface area contributed by atoms with E-state index in [-0.39, 0.29) is 11.6 Å². The molecule has 0 radical (unpaired) electrons. The number of rotatable bonds is 6. The topological polar surface area (TPSA) is 76.1 Å². The van der Waals surface area contributed by atoms with E-state index in [9.17, 15) is 4.79 Å². The van der Waals surface area contributed by atoms with Crippen LogP contribution < -0.4 is 15.4 Å². The lowest BCUT2D eigenvalue weighted by atomic mass is 10.1. The van der Waals surface area contributed by atoms with Crippen LogP contribution in [0.15, 0.2) is 54.9 Å². The van der Waals surface area contributed by atoms with Crippen LogP contribution in [-0.2, 0) is 6.54 Å². The highest BCUT2D eigenvalue weighted by molar-refractivity contribution is 6.32. The Morgan fingerprint density at radius 1 is 1.11 bits per heavy atom. The number of carbonyl (C=O) groups is 1. The second-order valence-corrected chi connectivity index (χ2v) is 6.34. The minimum atomic E-state index is -0.367. The van der Waals surface area contributed by atoms with E-state index >= 15 is 0 Å². The van der Waals surface area contributed by atoms with Crippen molar-refractivity contribution in [2.24, 2.45) is 0 Å². The van der Waals surface area contributed by atoms with E-state index in [0.717, 1.165) is 5.56 Å². The summed E-state index contributed by atoms with van der Waals surface area (Å²) in [4.78, 5) is 20.7. The van der Waals surface area contributed by atoms with Gasteiger partial charge in [0.05, 0.1) is 24.5 Å². The summed E-state index contributed by atoms with van der Waals surface area (Å²) in [5.41, 5.74) is 3.12. The molecule has 3 aromatic rings. The molecular weight excluding hydrogens is 364 g/mol. The van der Waals surface area contributed by atoms with Gasteiger partial charge in [-0.05, 0) is 30.7 Å². The summed E-state index contributed by atoms with van der Waals surface area (Å²) < 4.78 is 5.09. The maximum atomic E-state index is 12.3. The molecule has 2 N–H and O–H groups in total. The van der Waals surface area contributed by atoms with Gasteiger partial charge in [0.2, 0.25) is 0 Å². The molecular formula is C20H19ClN4O2. The molecule has 0 saturated carbocycles. The molecule has 1 amide bonds. The first kappa shape index (κ1) is 18.7. The van der Waals surface area contributed by atoms with Crippen molar-refractivity contribution in [2.75, 3.05) is 17.7 Å². The number of nitrogens with zero attached hydrogens (tertiary/aromatic N) is 2. The van der Waals surface area contributed by atoms with Crippen molar-refractivity contribution in [3.63, 3.8) is 0 Å². The van der Waals surface area contributed by atoms with Gasteiger partial charge in [-0.2, -0.15) is 0 Å². The predicted octanol–water partition coefficient (Wildman–Crippen LogP) is 4.31. The molecule has 0 fully saturated rings. The summed E-state index contributed by atoms with van der Waals surface area (Å²) in [6.07, 6.45) is 2.96. The van der Waals surface area contributed by atoms with Crippen molar-refractivity contribution in [3.05, 3.63) is 76.7 Å². The first-order valence-corrected chi connectivity index (χ1v) is 8.69. The maximum absolute atomic E-state index is 12.3. The summed E-state index contributed by atoms with van der Waals surface area (Å²) in [5, 5.41) is 6.32. The fourth-order valence-electron chi connectivity index (χ4n) is 2.37. The van der Waals surface area contributed by atoms with Crippen LogP contribution in [0.4, 0.5) is 11.5 Å². The zero-order valence-corrected chi connectivity index (χ0v) is 15.7. The van der Waals surface area contributed by atoms with Gasteiger partial charge in [-0.25, -0.2) is 9.97 Å². The van der Waals surface area contributed by atoms with Crippen LogP contribution in [0.5, 0.6) is 5.75 Å². The number of aryl methyl sites for hydroxylation is 1. The molecule has 1 aromatic heterocycles. The summed E-state index contributed by atoms with van der Waals surface area (Å²) >= 11 is 6.06. The molecule has 6 nitrogen and oxygen atoms in total. The quantitative estimate of drug-likeness (QED) is 0.664. The number of methoxy groups -OCH3 is 1. The normalized spacial score (nSPS) is 10.3. The van der Waals surface area contributed by atoms with Crippen molar-refractivity contribution in [1.29, 1.82) is 0 Å². The van der Waals surface area contributed by atoms with Crippen LogP contribution >= 0.6 is 11.6 Å². The van der Waals surface area contributed by atoms with Gasteiger partial charge in [-0.3, -0.25) is 4.79 Å². The van der Waals surface area contributed by atoms with E-state index < -0.39 is 0 Å². The van der Waals surface area contributed by atoms with Crippen LogP contribution in [0.25, 0.3) is 0 Å². The number of hydrogen-bond donors (Lipinski definition) is 2. The third-order valence-electron chi connectivity index (χ3n) is 3.89. The van der Waals surface area contributed by atoms with Gasteiger partial charge in [-0.1, -0.05) is 41.4 Å². The lowest BCUT2D eigenvalue weighted by Gasteiger charge is -2.09. The largest absolute Gasteiger partial charge is 0.495 e. The van der Waals surface area contributed by atoms with Crippen molar-refractivity contribution in [2.45, 2.75) is 13.5 Å². The average molecular weight is 383 g/mol. The standard InChI is InChI=1S/C20H19ClN4O2/c1-13-3-5-14(6-4-13)10-23-19-12-22-17(11-24-19)20(26)25-15-7-8-18(27-2)16(21)9-15/h3-9,11-12H,10H2,1-2H3,(H,23,24)(H,25,26). The summed E-state index contributed by atoms with van der Waals surface area (Å²) in [6, 6.07) is 13.2. The van der Waals surface area contributed by atoms with Gasteiger partial charge in [0.1, 0.15) is 17.3 Å². The fourth-order valence-corrected chi connectivity index (χ4v) is 2.63. The monoisotopic (exact) mass is 382 g/mol. The van der Waals surface area contributed by atoms with Gasteiger partial charge in [0, 0.05) is 12.2 Å². The van der Waals surface area contributed by atoms with Gasteiger partial charge in [-0.15, -0.1) is 0 Å². The number of halogens is 1. The zero-order chi connectivity index (χ0) is 19.2. The lowest BCUT2D eigenvalue weighted by molar-refractivity contribution is 0.102. The minimum Gasteiger partial charge on any atom is -0.495 e. The molecule has 0 atom stereocenters. The SMILES string of the molecule is COc1ccc(NC(=O)c2cnc(NCc3ccc(C)cc3)cn2)cc1Cl. The highest BCUT2D eigenvalue weighted by Gasteiger charge is 2.10. The molecule has 2 aromatic carbocycles. The first-order valence-electron chi connectivity index (χ1n) is 8.31. The van der Waals surface area contributed by atoms with Crippen LogP contribution in [0.2, 0.25) is 5.02 Å². The Morgan fingerprint density at radius 2 is 1.89 bits per heavy atom. The zero-order valence-electron chi connectivity index (χ0n) is 15.0. The summed E-state index contributed by atoms with van der Waals surface area (Å²) in [6.45, 7) is 2.68. The fraction of sp³-hybridized carbons (Fsp3) is 0.150. The van der Waals surface area contributed by atoms with Gasteiger partial charge < -0.3 is 15.4 Å². The number of hydrogen-bond acceptors (Lipinski definition) is 5. The summed E-state index contributed by atoms with van der Waals surface area (Å²) in [5.74, 6) is 0.770. The number of anilines is 2. The van der Waals surface area contributed by atoms with E-state index in [1.54, 1.807) is 18.2 Å². The number of benzene rings is 2. The predicted molar refractivity (Wildman–Crippen MR) is 106 cm³/mol. The van der Waals surface area contributed by atoms with Crippen LogP contribution in [0.1, 0.15) is 21.6 Å². The molecule has 0 unspecified atom stereocenters. The third kappa shape index (κ3) is 4.95. The number of ether oxygens (including phenoxy) is 1. The van der Waals surface area contributed by atoms with E-state index in [0.29, 0.717) is 28.8 Å². The highest BCUT2D eigenvalue weighted by Crippen LogP contribution is 2.27.